The molecule has 3 aromatic rings. The van der Waals surface area contributed by atoms with E-state index in [4.69, 9.17) is 14.5 Å². The number of aromatic nitrogens is 1. The molecule has 2 amide bonds. The first-order valence-electron chi connectivity index (χ1n) is 10.1. The van der Waals surface area contributed by atoms with Crippen molar-refractivity contribution >= 4 is 17.4 Å². The number of methoxy groups -OCH3 is 2. The molecular weight excluding hydrogens is 410 g/mol. The van der Waals surface area contributed by atoms with Crippen molar-refractivity contribution in [1.82, 2.24) is 15.6 Å². The summed E-state index contributed by atoms with van der Waals surface area (Å²) in [5, 5.41) is 6.74. The maximum Gasteiger partial charge on any atom is 0.315 e. The Morgan fingerprint density at radius 1 is 0.935 bits per heavy atom. The normalized spacial score (nSPS) is 11.3. The lowest BCUT2D eigenvalue weighted by Crippen LogP contribution is -2.48. The summed E-state index contributed by atoms with van der Waals surface area (Å²) in [6.45, 7) is 7.78. The van der Waals surface area contributed by atoms with Crippen LogP contribution in [0.25, 0.3) is 21.7 Å². The van der Waals surface area contributed by atoms with Gasteiger partial charge in [0.25, 0.3) is 0 Å². The number of hydrogen-bond acceptors (Lipinski definition) is 5. The van der Waals surface area contributed by atoms with Crippen LogP contribution in [0.5, 0.6) is 11.5 Å². The van der Waals surface area contributed by atoms with E-state index in [1.807, 2.05) is 76.2 Å². The van der Waals surface area contributed by atoms with Gasteiger partial charge in [-0.1, -0.05) is 0 Å². The number of ether oxygens (including phenoxy) is 2. The number of hydrogen-bond donors (Lipinski definition) is 2. The first kappa shape index (κ1) is 22.6. The number of amides is 2. The van der Waals surface area contributed by atoms with E-state index in [1.165, 1.54) is 0 Å². The van der Waals surface area contributed by atoms with Gasteiger partial charge in [-0.15, -0.1) is 11.3 Å². The molecule has 164 valence electrons. The number of carbonyl (C=O) groups excluding carboxylic acids is 1. The lowest BCUT2D eigenvalue weighted by molar-refractivity contribution is 0.227. The summed E-state index contributed by atoms with van der Waals surface area (Å²) < 4.78 is 10.6. The SMILES string of the molecule is COc1ccc(-c2nc(C(C)(C)NC(=O)NC(C)C)sc2-c2ccc(OC)cc2)cc1. The van der Waals surface area contributed by atoms with E-state index in [0.717, 1.165) is 38.2 Å². The van der Waals surface area contributed by atoms with Crippen LogP contribution in [-0.4, -0.2) is 31.3 Å². The van der Waals surface area contributed by atoms with Crippen molar-refractivity contribution in [3.05, 3.63) is 53.5 Å². The van der Waals surface area contributed by atoms with Crippen molar-refractivity contribution in [1.29, 1.82) is 0 Å². The van der Waals surface area contributed by atoms with E-state index < -0.39 is 5.54 Å². The highest BCUT2D eigenvalue weighted by Crippen LogP contribution is 2.41. The predicted octanol–water partition coefficient (Wildman–Crippen LogP) is 5.44. The molecule has 2 aromatic carbocycles. The summed E-state index contributed by atoms with van der Waals surface area (Å²) in [4.78, 5) is 18.3. The number of benzene rings is 2. The molecule has 3 rings (SSSR count). The Hall–Kier alpha value is -3.06. The van der Waals surface area contributed by atoms with Crippen molar-refractivity contribution in [3.63, 3.8) is 0 Å². The van der Waals surface area contributed by atoms with Crippen LogP contribution in [0.2, 0.25) is 0 Å². The average molecular weight is 440 g/mol. The lowest BCUT2D eigenvalue weighted by Gasteiger charge is -2.24. The van der Waals surface area contributed by atoms with Crippen molar-refractivity contribution in [2.75, 3.05) is 14.2 Å². The fourth-order valence-corrected chi connectivity index (χ4v) is 4.26. The number of nitrogens with zero attached hydrogens (tertiary/aromatic N) is 1. The van der Waals surface area contributed by atoms with E-state index in [9.17, 15) is 4.79 Å². The fourth-order valence-electron chi connectivity index (χ4n) is 3.11. The molecule has 2 N–H and O–H groups in total. The molecule has 0 fully saturated rings. The smallest absolute Gasteiger partial charge is 0.315 e. The van der Waals surface area contributed by atoms with Crippen molar-refractivity contribution in [2.45, 2.75) is 39.3 Å². The standard InChI is InChI=1S/C24H29N3O3S/c1-15(2)25-23(28)27-24(3,4)22-26-20(16-7-11-18(29-5)12-8-16)21(31-22)17-9-13-19(30-6)14-10-17/h7-15H,1-6H3,(H2,25,27,28). The third-order valence-electron chi connectivity index (χ3n) is 4.72. The number of rotatable bonds is 7. The minimum absolute atomic E-state index is 0.0526. The van der Waals surface area contributed by atoms with Gasteiger partial charge in [0, 0.05) is 11.6 Å². The minimum Gasteiger partial charge on any atom is -0.497 e. The Balaban J connectivity index is 2.04. The number of nitrogens with one attached hydrogen (secondary N) is 2. The van der Waals surface area contributed by atoms with E-state index in [-0.39, 0.29) is 12.1 Å². The van der Waals surface area contributed by atoms with Crippen LogP contribution in [0, 0.1) is 0 Å². The third-order valence-corrected chi connectivity index (χ3v) is 6.15. The summed E-state index contributed by atoms with van der Waals surface area (Å²) in [5.41, 5.74) is 2.25. The molecule has 0 saturated heterocycles. The highest BCUT2D eigenvalue weighted by Gasteiger charge is 2.29. The van der Waals surface area contributed by atoms with Gasteiger partial charge in [0.05, 0.1) is 30.3 Å². The van der Waals surface area contributed by atoms with Gasteiger partial charge in [-0.2, -0.15) is 0 Å². The third kappa shape index (κ3) is 5.35. The second-order valence-electron chi connectivity index (χ2n) is 8.03. The van der Waals surface area contributed by atoms with Crippen LogP contribution >= 0.6 is 11.3 Å². The van der Waals surface area contributed by atoms with E-state index >= 15 is 0 Å². The molecule has 1 aromatic heterocycles. The van der Waals surface area contributed by atoms with E-state index in [0.29, 0.717) is 0 Å². The number of urea groups is 1. The molecule has 0 unspecified atom stereocenters. The monoisotopic (exact) mass is 439 g/mol. The maximum absolute atomic E-state index is 12.3. The molecule has 0 aliphatic heterocycles. The molecule has 1 heterocycles. The number of thiazole rings is 1. The predicted molar refractivity (Wildman–Crippen MR) is 126 cm³/mol. The molecule has 0 saturated carbocycles. The van der Waals surface area contributed by atoms with E-state index in [2.05, 4.69) is 10.6 Å². The summed E-state index contributed by atoms with van der Waals surface area (Å²) in [7, 11) is 3.30. The molecule has 0 spiro atoms. The highest BCUT2D eigenvalue weighted by molar-refractivity contribution is 7.15. The summed E-state index contributed by atoms with van der Waals surface area (Å²) >= 11 is 1.57. The molecular formula is C24H29N3O3S. The van der Waals surface area contributed by atoms with Crippen LogP contribution in [-0.2, 0) is 5.54 Å². The van der Waals surface area contributed by atoms with Crippen LogP contribution in [0.3, 0.4) is 0 Å². The van der Waals surface area contributed by atoms with Gasteiger partial charge in [-0.3, -0.25) is 0 Å². The molecule has 6 nitrogen and oxygen atoms in total. The highest BCUT2D eigenvalue weighted by atomic mass is 32.1. The average Bonchev–Trinajstić information content (AvgIpc) is 3.19. The molecule has 0 atom stereocenters. The van der Waals surface area contributed by atoms with Crippen molar-refractivity contribution in [3.8, 4) is 33.2 Å². The summed E-state index contributed by atoms with van der Waals surface area (Å²) in [5.74, 6) is 1.59. The molecule has 0 radical (unpaired) electrons. The second kappa shape index (κ2) is 9.39. The van der Waals surface area contributed by atoms with Crippen LogP contribution < -0.4 is 20.1 Å². The lowest BCUT2D eigenvalue weighted by atomic mass is 10.1. The molecule has 7 heteroatoms. The topological polar surface area (TPSA) is 72.5 Å². The van der Waals surface area contributed by atoms with Crippen LogP contribution in [0.1, 0.15) is 32.7 Å². The minimum atomic E-state index is -0.643. The quantitative estimate of drug-likeness (QED) is 0.514. The largest absolute Gasteiger partial charge is 0.497 e. The molecule has 0 aliphatic rings. The Morgan fingerprint density at radius 3 is 1.94 bits per heavy atom. The zero-order chi connectivity index (χ0) is 22.6. The van der Waals surface area contributed by atoms with Gasteiger partial charge in [-0.25, -0.2) is 9.78 Å². The molecule has 0 aliphatic carbocycles. The van der Waals surface area contributed by atoms with E-state index in [1.54, 1.807) is 25.6 Å². The first-order valence-corrected chi connectivity index (χ1v) is 10.9. The Kier molecular flexibility index (Phi) is 6.85. The Bertz CT molecular complexity index is 960. The van der Waals surface area contributed by atoms with Gasteiger partial charge in [0.1, 0.15) is 16.5 Å². The van der Waals surface area contributed by atoms with Gasteiger partial charge >= 0.3 is 6.03 Å². The van der Waals surface area contributed by atoms with Crippen LogP contribution in [0.4, 0.5) is 4.79 Å². The summed E-state index contributed by atoms with van der Waals surface area (Å²) in [6, 6.07) is 15.6. The van der Waals surface area contributed by atoms with Gasteiger partial charge < -0.3 is 20.1 Å². The zero-order valence-electron chi connectivity index (χ0n) is 18.8. The van der Waals surface area contributed by atoms with Crippen molar-refractivity contribution < 1.29 is 14.3 Å². The Labute approximate surface area is 187 Å². The maximum atomic E-state index is 12.3. The first-order chi connectivity index (χ1) is 14.7. The zero-order valence-corrected chi connectivity index (χ0v) is 19.6. The Morgan fingerprint density at radius 2 is 1.45 bits per heavy atom. The summed E-state index contributed by atoms with van der Waals surface area (Å²) in [6.07, 6.45) is 0. The molecule has 0 bridgehead atoms. The van der Waals surface area contributed by atoms with Crippen molar-refractivity contribution in [2.24, 2.45) is 0 Å². The van der Waals surface area contributed by atoms with Gasteiger partial charge in [-0.05, 0) is 81.8 Å². The van der Waals surface area contributed by atoms with Gasteiger partial charge in [0.15, 0.2) is 0 Å². The fraction of sp³-hybridized carbons (Fsp3) is 0.333. The van der Waals surface area contributed by atoms with Crippen LogP contribution in [0.15, 0.2) is 48.5 Å². The number of carbonyl (C=O) groups is 1. The van der Waals surface area contributed by atoms with Gasteiger partial charge in [0.2, 0.25) is 0 Å². The second-order valence-corrected chi connectivity index (χ2v) is 9.03. The molecule has 31 heavy (non-hydrogen) atoms.